The lowest BCUT2D eigenvalue weighted by molar-refractivity contribution is 0.743. The summed E-state index contributed by atoms with van der Waals surface area (Å²) in [4.78, 5) is 3.49. The van der Waals surface area contributed by atoms with Crippen LogP contribution in [0.4, 0.5) is 5.69 Å². The quantitative estimate of drug-likeness (QED) is 0.710. The minimum atomic E-state index is 1.05. The van der Waals surface area contributed by atoms with Crippen molar-refractivity contribution < 1.29 is 0 Å². The second-order valence-electron chi connectivity index (χ2n) is 4.51. The molecule has 0 amide bonds. The van der Waals surface area contributed by atoms with Crippen molar-refractivity contribution in [1.82, 2.24) is 4.98 Å². The number of hydrogen-bond donors (Lipinski definition) is 2. The zero-order valence-electron chi connectivity index (χ0n) is 10.8. The van der Waals surface area contributed by atoms with Crippen molar-refractivity contribution >= 4 is 16.6 Å². The second kappa shape index (κ2) is 5.76. The van der Waals surface area contributed by atoms with Gasteiger partial charge in [-0.2, -0.15) is 0 Å². The zero-order valence-corrected chi connectivity index (χ0v) is 10.8. The second-order valence-corrected chi connectivity index (χ2v) is 4.51. The lowest BCUT2D eigenvalue weighted by Crippen LogP contribution is -2.02. The Hall–Kier alpha value is -1.44. The molecule has 1 aromatic heterocycles. The number of rotatable bonds is 6. The van der Waals surface area contributed by atoms with E-state index < -0.39 is 0 Å². The maximum absolute atomic E-state index is 3.59. The van der Waals surface area contributed by atoms with Crippen LogP contribution in [0.3, 0.4) is 0 Å². The lowest BCUT2D eigenvalue weighted by atomic mass is 10.2. The average molecular weight is 230 g/mol. The third-order valence-corrected chi connectivity index (χ3v) is 3.22. The molecule has 2 aromatic rings. The van der Waals surface area contributed by atoms with Crippen LogP contribution in [0.5, 0.6) is 0 Å². The molecule has 2 N–H and O–H groups in total. The van der Waals surface area contributed by atoms with Gasteiger partial charge in [-0.15, -0.1) is 0 Å². The summed E-state index contributed by atoms with van der Waals surface area (Å²) in [7, 11) is 0. The van der Waals surface area contributed by atoms with Gasteiger partial charge in [0.2, 0.25) is 0 Å². The molecule has 0 saturated carbocycles. The highest BCUT2D eigenvalue weighted by atomic mass is 14.9. The highest BCUT2D eigenvalue weighted by Crippen LogP contribution is 2.27. The molecule has 0 aliphatic rings. The number of nitrogens with one attached hydrogen (secondary N) is 2. The fraction of sp³-hybridized carbons (Fsp3) is 0.467. The Morgan fingerprint density at radius 1 is 1.12 bits per heavy atom. The monoisotopic (exact) mass is 230 g/mol. The van der Waals surface area contributed by atoms with Crippen molar-refractivity contribution in [3.63, 3.8) is 0 Å². The van der Waals surface area contributed by atoms with E-state index in [-0.39, 0.29) is 0 Å². The highest BCUT2D eigenvalue weighted by molar-refractivity contribution is 5.94. The summed E-state index contributed by atoms with van der Waals surface area (Å²) < 4.78 is 0. The smallest absolute Gasteiger partial charge is 0.0631 e. The third-order valence-electron chi connectivity index (χ3n) is 3.22. The molecule has 0 aliphatic carbocycles. The van der Waals surface area contributed by atoms with Crippen molar-refractivity contribution in [2.24, 2.45) is 0 Å². The van der Waals surface area contributed by atoms with Gasteiger partial charge in [-0.1, -0.05) is 44.9 Å². The van der Waals surface area contributed by atoms with Gasteiger partial charge in [0.25, 0.3) is 0 Å². The number of hydrogen-bond acceptors (Lipinski definition) is 1. The van der Waals surface area contributed by atoms with E-state index >= 15 is 0 Å². The molecule has 0 spiro atoms. The van der Waals surface area contributed by atoms with Crippen molar-refractivity contribution in [3.8, 4) is 0 Å². The Balaban J connectivity index is 2.18. The van der Waals surface area contributed by atoms with Gasteiger partial charge in [0.05, 0.1) is 5.69 Å². The largest absolute Gasteiger partial charge is 0.383 e. The van der Waals surface area contributed by atoms with Crippen LogP contribution in [0.25, 0.3) is 10.9 Å². The highest BCUT2D eigenvalue weighted by Gasteiger charge is 2.08. The van der Waals surface area contributed by atoms with Crippen LogP contribution in [-0.2, 0) is 6.42 Å². The Morgan fingerprint density at radius 2 is 1.94 bits per heavy atom. The molecule has 0 atom stereocenters. The van der Waals surface area contributed by atoms with Gasteiger partial charge in [-0.3, -0.25) is 0 Å². The normalized spacial score (nSPS) is 10.9. The molecule has 1 heterocycles. The molecule has 2 rings (SSSR count). The molecule has 0 saturated heterocycles. The number of para-hydroxylation sites is 1. The molecule has 92 valence electrons. The standard InChI is InChI=1S/C15H22N2/c1-3-5-8-11-16-15-12-9-6-7-10-14(12)17-13(15)4-2/h6-7,9-10,16-17H,3-5,8,11H2,1-2H3. The number of aromatic nitrogens is 1. The van der Waals surface area contributed by atoms with Gasteiger partial charge >= 0.3 is 0 Å². The van der Waals surface area contributed by atoms with Crippen LogP contribution in [0.1, 0.15) is 38.8 Å². The molecule has 0 aliphatic heterocycles. The minimum absolute atomic E-state index is 1.05. The summed E-state index contributed by atoms with van der Waals surface area (Å²) in [5.74, 6) is 0. The van der Waals surface area contributed by atoms with E-state index in [0.717, 1.165) is 13.0 Å². The summed E-state index contributed by atoms with van der Waals surface area (Å²) in [6, 6.07) is 8.52. The average Bonchev–Trinajstić information content (AvgIpc) is 2.73. The molecule has 17 heavy (non-hydrogen) atoms. The molecule has 1 aromatic carbocycles. The Bertz CT molecular complexity index is 471. The molecule has 0 fully saturated rings. The molecule has 2 heteroatoms. The van der Waals surface area contributed by atoms with Gasteiger partial charge in [0.15, 0.2) is 0 Å². The van der Waals surface area contributed by atoms with Crippen LogP contribution < -0.4 is 5.32 Å². The first-order valence-corrected chi connectivity index (χ1v) is 6.70. The summed E-state index contributed by atoms with van der Waals surface area (Å²) in [6.45, 7) is 5.51. The van der Waals surface area contributed by atoms with E-state index in [4.69, 9.17) is 0 Å². The maximum atomic E-state index is 3.59. The molecular formula is C15H22N2. The first-order chi connectivity index (χ1) is 8.36. The van der Waals surface area contributed by atoms with E-state index in [0.29, 0.717) is 0 Å². The molecule has 2 nitrogen and oxygen atoms in total. The number of benzene rings is 1. The lowest BCUT2D eigenvalue weighted by Gasteiger charge is -2.07. The van der Waals surface area contributed by atoms with Gasteiger partial charge in [0.1, 0.15) is 0 Å². The van der Waals surface area contributed by atoms with Crippen molar-refractivity contribution in [3.05, 3.63) is 30.0 Å². The van der Waals surface area contributed by atoms with E-state index in [1.165, 1.54) is 41.5 Å². The SMILES string of the molecule is CCCCCNc1c(CC)[nH]c2ccccc12. The Kier molecular flexibility index (Phi) is 4.08. The predicted molar refractivity (Wildman–Crippen MR) is 75.7 cm³/mol. The molecule has 0 bridgehead atoms. The van der Waals surface area contributed by atoms with Crippen LogP contribution in [0, 0.1) is 0 Å². The molecular weight excluding hydrogens is 208 g/mol. The van der Waals surface area contributed by atoms with Crippen molar-refractivity contribution in [1.29, 1.82) is 0 Å². The minimum Gasteiger partial charge on any atom is -0.383 e. The van der Waals surface area contributed by atoms with Gasteiger partial charge in [0, 0.05) is 23.1 Å². The van der Waals surface area contributed by atoms with Crippen LogP contribution in [0.2, 0.25) is 0 Å². The van der Waals surface area contributed by atoms with Crippen molar-refractivity contribution in [2.75, 3.05) is 11.9 Å². The maximum Gasteiger partial charge on any atom is 0.0631 e. The fourth-order valence-electron chi connectivity index (χ4n) is 2.25. The van der Waals surface area contributed by atoms with E-state index in [2.05, 4.69) is 48.4 Å². The summed E-state index contributed by atoms with van der Waals surface area (Å²) in [6.07, 6.45) is 4.87. The van der Waals surface area contributed by atoms with Gasteiger partial charge in [-0.05, 0) is 18.9 Å². The Morgan fingerprint density at radius 3 is 2.71 bits per heavy atom. The van der Waals surface area contributed by atoms with Crippen LogP contribution in [0.15, 0.2) is 24.3 Å². The van der Waals surface area contributed by atoms with E-state index in [1.807, 2.05) is 0 Å². The number of anilines is 1. The zero-order chi connectivity index (χ0) is 12.1. The van der Waals surface area contributed by atoms with Crippen molar-refractivity contribution in [2.45, 2.75) is 39.5 Å². The molecule has 0 unspecified atom stereocenters. The predicted octanol–water partition coefficient (Wildman–Crippen LogP) is 4.33. The van der Waals surface area contributed by atoms with E-state index in [1.54, 1.807) is 0 Å². The number of aromatic amines is 1. The number of unbranched alkanes of at least 4 members (excludes halogenated alkanes) is 2. The van der Waals surface area contributed by atoms with Gasteiger partial charge < -0.3 is 10.3 Å². The molecule has 0 radical (unpaired) electrons. The number of aryl methyl sites for hydroxylation is 1. The summed E-state index contributed by atoms with van der Waals surface area (Å²) in [5.41, 5.74) is 3.87. The summed E-state index contributed by atoms with van der Waals surface area (Å²) in [5, 5.41) is 4.91. The fourth-order valence-corrected chi connectivity index (χ4v) is 2.25. The number of fused-ring (bicyclic) bond motifs is 1. The first kappa shape index (κ1) is 12.0. The van der Waals surface area contributed by atoms with Gasteiger partial charge in [-0.25, -0.2) is 0 Å². The topological polar surface area (TPSA) is 27.8 Å². The van der Waals surface area contributed by atoms with Crippen LogP contribution >= 0.6 is 0 Å². The first-order valence-electron chi connectivity index (χ1n) is 6.70. The third kappa shape index (κ3) is 2.63. The van der Waals surface area contributed by atoms with Crippen LogP contribution in [-0.4, -0.2) is 11.5 Å². The number of H-pyrrole nitrogens is 1. The summed E-state index contributed by atoms with van der Waals surface area (Å²) >= 11 is 0. The van der Waals surface area contributed by atoms with E-state index in [9.17, 15) is 0 Å². The Labute approximate surface area is 103 Å².